The quantitative estimate of drug-likeness (QED) is 0.932. The van der Waals surface area contributed by atoms with Crippen LogP contribution in [-0.4, -0.2) is 20.9 Å². The molecule has 0 aliphatic carbocycles. The summed E-state index contributed by atoms with van der Waals surface area (Å²) in [4.78, 5) is 11.3. The molecule has 0 bridgehead atoms. The Morgan fingerprint density at radius 2 is 2.05 bits per heavy atom. The number of carboxylic acid groups (broad SMARTS) is 1. The van der Waals surface area contributed by atoms with Crippen molar-refractivity contribution in [3.05, 3.63) is 45.7 Å². The van der Waals surface area contributed by atoms with Crippen LogP contribution in [0.2, 0.25) is 5.15 Å². The number of halogens is 1. The van der Waals surface area contributed by atoms with Crippen molar-refractivity contribution in [2.75, 3.05) is 0 Å². The third-order valence-electron chi connectivity index (χ3n) is 3.34. The zero-order chi connectivity index (χ0) is 14.9. The molecule has 1 heterocycles. The second kappa shape index (κ2) is 5.67. The molecule has 0 aliphatic heterocycles. The largest absolute Gasteiger partial charge is 0.478 e. The van der Waals surface area contributed by atoms with Gasteiger partial charge in [0, 0.05) is 0 Å². The third-order valence-corrected chi connectivity index (χ3v) is 3.69. The first-order chi connectivity index (χ1) is 9.45. The van der Waals surface area contributed by atoms with Gasteiger partial charge >= 0.3 is 5.97 Å². The van der Waals surface area contributed by atoms with Crippen molar-refractivity contribution in [3.8, 4) is 5.69 Å². The minimum atomic E-state index is -1.03. The van der Waals surface area contributed by atoms with E-state index in [0.717, 1.165) is 17.7 Å². The molecule has 1 N–H and O–H groups in total. The smallest absolute Gasteiger partial charge is 0.340 e. The summed E-state index contributed by atoms with van der Waals surface area (Å²) in [7, 11) is 0. The van der Waals surface area contributed by atoms with Crippen LogP contribution in [0.5, 0.6) is 0 Å². The summed E-state index contributed by atoms with van der Waals surface area (Å²) < 4.78 is 1.50. The first-order valence-corrected chi connectivity index (χ1v) is 6.91. The van der Waals surface area contributed by atoms with Crippen LogP contribution >= 0.6 is 11.6 Å². The number of aryl methyl sites for hydroxylation is 3. The lowest BCUT2D eigenvalue weighted by Gasteiger charge is -2.06. The molecule has 0 fully saturated rings. The van der Waals surface area contributed by atoms with Gasteiger partial charge in [0.2, 0.25) is 0 Å². The highest BCUT2D eigenvalue weighted by molar-refractivity contribution is 6.33. The summed E-state index contributed by atoms with van der Waals surface area (Å²) in [6.07, 6.45) is 1.42. The Morgan fingerprint density at radius 1 is 1.35 bits per heavy atom. The molecule has 0 spiro atoms. The van der Waals surface area contributed by atoms with Crippen LogP contribution in [0.4, 0.5) is 0 Å². The van der Waals surface area contributed by atoms with E-state index in [9.17, 15) is 9.90 Å². The molecule has 4 nitrogen and oxygen atoms in total. The van der Waals surface area contributed by atoms with E-state index in [2.05, 4.69) is 5.10 Å². The van der Waals surface area contributed by atoms with Crippen LogP contribution in [0, 0.1) is 13.8 Å². The molecule has 1 aromatic carbocycles. The fourth-order valence-corrected chi connectivity index (χ4v) is 2.42. The number of aromatic nitrogens is 2. The summed E-state index contributed by atoms with van der Waals surface area (Å²) in [5.41, 5.74) is 3.70. The highest BCUT2D eigenvalue weighted by Gasteiger charge is 2.22. The van der Waals surface area contributed by atoms with Crippen LogP contribution in [0.3, 0.4) is 0 Å². The minimum absolute atomic E-state index is 0.103. The lowest BCUT2D eigenvalue weighted by Crippen LogP contribution is -2.00. The van der Waals surface area contributed by atoms with Crippen molar-refractivity contribution in [1.82, 2.24) is 9.78 Å². The van der Waals surface area contributed by atoms with Crippen molar-refractivity contribution in [3.63, 3.8) is 0 Å². The Morgan fingerprint density at radius 3 is 2.60 bits per heavy atom. The van der Waals surface area contributed by atoms with Crippen molar-refractivity contribution in [2.24, 2.45) is 0 Å². The Labute approximate surface area is 123 Å². The fraction of sp³-hybridized carbons (Fsp3) is 0.333. The van der Waals surface area contributed by atoms with Crippen molar-refractivity contribution in [2.45, 2.75) is 33.6 Å². The van der Waals surface area contributed by atoms with Gasteiger partial charge in [-0.15, -0.1) is 0 Å². The number of carbonyl (C=O) groups is 1. The lowest BCUT2D eigenvalue weighted by atomic mass is 10.1. The number of hydrogen-bond acceptors (Lipinski definition) is 2. The third kappa shape index (κ3) is 2.56. The van der Waals surface area contributed by atoms with Crippen LogP contribution in [-0.2, 0) is 6.42 Å². The predicted octanol–water partition coefficient (Wildman–Crippen LogP) is 3.79. The Hall–Kier alpha value is -1.81. The first-order valence-electron chi connectivity index (χ1n) is 6.54. The minimum Gasteiger partial charge on any atom is -0.478 e. The van der Waals surface area contributed by atoms with Gasteiger partial charge in [-0.2, -0.15) is 5.10 Å². The zero-order valence-corrected chi connectivity index (χ0v) is 12.5. The zero-order valence-electron chi connectivity index (χ0n) is 11.8. The monoisotopic (exact) mass is 292 g/mol. The maximum absolute atomic E-state index is 11.3. The van der Waals surface area contributed by atoms with E-state index >= 15 is 0 Å². The normalized spacial score (nSPS) is 10.8. The van der Waals surface area contributed by atoms with Crippen molar-refractivity contribution >= 4 is 17.6 Å². The van der Waals surface area contributed by atoms with Crippen molar-refractivity contribution < 1.29 is 9.90 Å². The average molecular weight is 293 g/mol. The summed E-state index contributed by atoms with van der Waals surface area (Å²) in [6.45, 7) is 6.00. The van der Waals surface area contributed by atoms with Gasteiger partial charge in [0.25, 0.3) is 0 Å². The van der Waals surface area contributed by atoms with Gasteiger partial charge in [-0.1, -0.05) is 31.0 Å². The van der Waals surface area contributed by atoms with E-state index in [4.69, 9.17) is 11.6 Å². The molecule has 1 aromatic heterocycles. The van der Waals surface area contributed by atoms with Crippen molar-refractivity contribution in [1.29, 1.82) is 0 Å². The molecular formula is C15H17ClN2O2. The van der Waals surface area contributed by atoms with E-state index in [1.807, 2.05) is 39.0 Å². The SMILES string of the molecule is CCCc1nn(-c2ccc(C)c(C)c2)c(Cl)c1C(=O)O. The molecular weight excluding hydrogens is 276 g/mol. The van der Waals surface area contributed by atoms with Gasteiger partial charge in [-0.3, -0.25) is 0 Å². The molecule has 20 heavy (non-hydrogen) atoms. The van der Waals surface area contributed by atoms with Gasteiger partial charge in [0.15, 0.2) is 0 Å². The van der Waals surface area contributed by atoms with Crippen LogP contribution in [0.1, 0.15) is 40.5 Å². The van der Waals surface area contributed by atoms with E-state index in [0.29, 0.717) is 12.1 Å². The summed E-state index contributed by atoms with van der Waals surface area (Å²) in [5, 5.41) is 13.8. The van der Waals surface area contributed by atoms with Gasteiger partial charge in [-0.25, -0.2) is 9.48 Å². The number of aromatic carboxylic acids is 1. The number of hydrogen-bond donors (Lipinski definition) is 1. The molecule has 0 atom stereocenters. The Bertz CT molecular complexity index is 662. The van der Waals surface area contributed by atoms with Crippen LogP contribution in [0.15, 0.2) is 18.2 Å². The van der Waals surface area contributed by atoms with Gasteiger partial charge in [-0.05, 0) is 43.5 Å². The molecule has 0 radical (unpaired) electrons. The van der Waals surface area contributed by atoms with E-state index < -0.39 is 5.97 Å². The highest BCUT2D eigenvalue weighted by atomic mass is 35.5. The second-order valence-electron chi connectivity index (χ2n) is 4.85. The molecule has 0 unspecified atom stereocenters. The van der Waals surface area contributed by atoms with E-state index in [1.165, 1.54) is 10.2 Å². The number of benzene rings is 1. The number of nitrogens with zero attached hydrogens (tertiary/aromatic N) is 2. The molecule has 0 saturated heterocycles. The highest BCUT2D eigenvalue weighted by Crippen LogP contribution is 2.25. The lowest BCUT2D eigenvalue weighted by molar-refractivity contribution is 0.0696. The standard InChI is InChI=1S/C15H17ClN2O2/c1-4-5-12-13(15(19)20)14(16)18(17-12)11-7-6-9(2)10(3)8-11/h6-8H,4-5H2,1-3H3,(H,19,20). The maximum Gasteiger partial charge on any atom is 0.340 e. The molecule has 2 rings (SSSR count). The van der Waals surface area contributed by atoms with E-state index in [-0.39, 0.29) is 10.7 Å². The fourth-order valence-electron chi connectivity index (χ4n) is 2.09. The molecule has 5 heteroatoms. The molecule has 0 saturated carbocycles. The summed E-state index contributed by atoms with van der Waals surface area (Å²) >= 11 is 6.21. The Balaban J connectivity index is 2.59. The number of rotatable bonds is 4. The van der Waals surface area contributed by atoms with Crippen LogP contribution < -0.4 is 0 Å². The van der Waals surface area contributed by atoms with Gasteiger partial charge in [0.1, 0.15) is 10.7 Å². The molecule has 0 aliphatic rings. The van der Waals surface area contributed by atoms with Gasteiger partial charge in [0.05, 0.1) is 11.4 Å². The predicted molar refractivity (Wildman–Crippen MR) is 79.0 cm³/mol. The maximum atomic E-state index is 11.3. The van der Waals surface area contributed by atoms with Crippen LogP contribution in [0.25, 0.3) is 5.69 Å². The number of carboxylic acids is 1. The molecule has 2 aromatic rings. The van der Waals surface area contributed by atoms with Gasteiger partial charge < -0.3 is 5.11 Å². The average Bonchev–Trinajstić information content (AvgIpc) is 2.70. The summed E-state index contributed by atoms with van der Waals surface area (Å²) in [6, 6.07) is 5.82. The first kappa shape index (κ1) is 14.6. The Kier molecular flexibility index (Phi) is 4.14. The topological polar surface area (TPSA) is 55.1 Å². The molecule has 0 amide bonds. The molecule has 106 valence electrons. The second-order valence-corrected chi connectivity index (χ2v) is 5.21. The van der Waals surface area contributed by atoms with E-state index in [1.54, 1.807) is 0 Å². The summed E-state index contributed by atoms with van der Waals surface area (Å²) in [5.74, 6) is -1.03.